The van der Waals surface area contributed by atoms with Crippen LogP contribution >= 0.6 is 0 Å². The summed E-state index contributed by atoms with van der Waals surface area (Å²) in [6.45, 7) is 8.07. The van der Waals surface area contributed by atoms with Gasteiger partial charge in [-0.05, 0) is 30.2 Å². The number of nitrogens with zero attached hydrogens (tertiary/aromatic N) is 1. The molecule has 30 heavy (non-hydrogen) atoms. The van der Waals surface area contributed by atoms with Gasteiger partial charge in [-0.2, -0.15) is 0 Å². The quantitative estimate of drug-likeness (QED) is 0.638. The van der Waals surface area contributed by atoms with E-state index < -0.39 is 5.66 Å². The van der Waals surface area contributed by atoms with Crippen LogP contribution < -0.4 is 15.0 Å². The highest BCUT2D eigenvalue weighted by atomic mass is 16.5. The Kier molecular flexibility index (Phi) is 5.59. The number of carbonyl (C=O) groups is 1. The molecule has 2 heterocycles. The van der Waals surface area contributed by atoms with Crippen molar-refractivity contribution in [3.63, 3.8) is 0 Å². The summed E-state index contributed by atoms with van der Waals surface area (Å²) in [4.78, 5) is 14.9. The van der Waals surface area contributed by atoms with Crippen LogP contribution in [0, 0.1) is 0 Å². The van der Waals surface area contributed by atoms with Crippen LogP contribution in [-0.2, 0) is 10.2 Å². The summed E-state index contributed by atoms with van der Waals surface area (Å²) >= 11 is 0. The second-order valence-corrected chi connectivity index (χ2v) is 8.79. The highest BCUT2D eigenvalue weighted by molar-refractivity contribution is 5.84. The van der Waals surface area contributed by atoms with E-state index in [1.807, 2.05) is 18.2 Å². The minimum absolute atomic E-state index is 0.0980. The van der Waals surface area contributed by atoms with Gasteiger partial charge in [0.25, 0.3) is 0 Å². The number of hydrogen-bond acceptors (Lipinski definition) is 3. The molecule has 4 heteroatoms. The Balaban J connectivity index is 1.69. The standard InChI is InChI=1S/C26H32N2O2/c1-4-5-10-19-30-23-14-9-6-11-20(23)15-17-26-25(2,3)21-12-7-8-13-22(21)28(26)18-16-24(29)27-26/h6-9,11-15,17H,4-5,10,16,18-19H2,1-3H3,(H,27,29). The molecule has 0 saturated carbocycles. The fourth-order valence-electron chi connectivity index (χ4n) is 4.81. The zero-order valence-electron chi connectivity index (χ0n) is 18.3. The van der Waals surface area contributed by atoms with Gasteiger partial charge in [-0.1, -0.05) is 76.1 Å². The van der Waals surface area contributed by atoms with Gasteiger partial charge in [0, 0.05) is 29.6 Å². The lowest BCUT2D eigenvalue weighted by atomic mass is 9.74. The molecule has 4 nitrogen and oxygen atoms in total. The van der Waals surface area contributed by atoms with Crippen LogP contribution in [-0.4, -0.2) is 24.7 Å². The molecule has 1 unspecified atom stereocenters. The lowest BCUT2D eigenvalue weighted by molar-refractivity contribution is -0.124. The maximum atomic E-state index is 12.5. The maximum Gasteiger partial charge on any atom is 0.223 e. The molecule has 2 aromatic rings. The smallest absolute Gasteiger partial charge is 0.223 e. The number of benzene rings is 2. The van der Waals surface area contributed by atoms with Gasteiger partial charge in [0.2, 0.25) is 5.91 Å². The summed E-state index contributed by atoms with van der Waals surface area (Å²) in [5.41, 5.74) is 2.64. The van der Waals surface area contributed by atoms with Gasteiger partial charge >= 0.3 is 0 Å². The Morgan fingerprint density at radius 2 is 1.87 bits per heavy atom. The molecule has 0 bridgehead atoms. The first-order valence-corrected chi connectivity index (χ1v) is 11.1. The lowest BCUT2D eigenvalue weighted by Crippen LogP contribution is -2.68. The Bertz CT molecular complexity index is 950. The Morgan fingerprint density at radius 3 is 2.70 bits per heavy atom. The van der Waals surface area contributed by atoms with Crippen molar-refractivity contribution < 1.29 is 9.53 Å². The molecule has 1 N–H and O–H groups in total. The monoisotopic (exact) mass is 404 g/mol. The molecular formula is C26H32N2O2. The van der Waals surface area contributed by atoms with Gasteiger partial charge in [0.15, 0.2) is 0 Å². The SMILES string of the molecule is CCCCCOc1ccccc1C=CC12NC(=O)CCN1c1ccccc1C2(C)C. The Labute approximate surface area is 179 Å². The third-order valence-electron chi connectivity index (χ3n) is 6.57. The second-order valence-electron chi connectivity index (χ2n) is 8.79. The predicted molar refractivity (Wildman–Crippen MR) is 123 cm³/mol. The fraction of sp³-hybridized carbons (Fsp3) is 0.423. The van der Waals surface area contributed by atoms with Gasteiger partial charge in [0.05, 0.1) is 6.61 Å². The first-order valence-electron chi connectivity index (χ1n) is 11.1. The second kappa shape index (κ2) is 8.17. The van der Waals surface area contributed by atoms with Gasteiger partial charge < -0.3 is 15.0 Å². The third-order valence-corrected chi connectivity index (χ3v) is 6.57. The van der Waals surface area contributed by atoms with Crippen LogP contribution in [0.25, 0.3) is 6.08 Å². The molecule has 2 aromatic carbocycles. The number of para-hydroxylation sites is 2. The molecule has 158 valence electrons. The van der Waals surface area contributed by atoms with Crippen molar-refractivity contribution in [1.29, 1.82) is 0 Å². The van der Waals surface area contributed by atoms with Crippen molar-refractivity contribution in [3.05, 3.63) is 65.7 Å². The van der Waals surface area contributed by atoms with E-state index in [0.29, 0.717) is 13.0 Å². The molecule has 2 aliphatic rings. The minimum Gasteiger partial charge on any atom is -0.493 e. The number of nitrogens with one attached hydrogen (secondary N) is 1. The zero-order valence-corrected chi connectivity index (χ0v) is 18.3. The topological polar surface area (TPSA) is 41.6 Å². The highest BCUT2D eigenvalue weighted by Crippen LogP contribution is 2.52. The summed E-state index contributed by atoms with van der Waals surface area (Å²) in [6, 6.07) is 16.6. The average molecular weight is 405 g/mol. The van der Waals surface area contributed by atoms with Crippen LogP contribution in [0.2, 0.25) is 0 Å². The van der Waals surface area contributed by atoms with Crippen LogP contribution in [0.4, 0.5) is 5.69 Å². The molecule has 0 aliphatic carbocycles. The summed E-state index contributed by atoms with van der Waals surface area (Å²) in [5.74, 6) is 0.990. The zero-order chi connectivity index (χ0) is 21.2. The van der Waals surface area contributed by atoms with Crippen molar-refractivity contribution in [3.8, 4) is 5.75 Å². The first-order chi connectivity index (χ1) is 14.5. The minimum atomic E-state index is -0.596. The number of anilines is 1. The van der Waals surface area contributed by atoms with Crippen molar-refractivity contribution >= 4 is 17.7 Å². The third kappa shape index (κ3) is 3.38. The molecule has 2 aliphatic heterocycles. The number of amides is 1. The van der Waals surface area contributed by atoms with Gasteiger partial charge in [-0.25, -0.2) is 0 Å². The van der Waals surface area contributed by atoms with E-state index in [4.69, 9.17) is 4.74 Å². The number of carbonyl (C=O) groups excluding carboxylic acids is 1. The molecule has 4 rings (SSSR count). The largest absolute Gasteiger partial charge is 0.493 e. The van der Waals surface area contributed by atoms with Crippen molar-refractivity contribution in [1.82, 2.24) is 5.32 Å². The lowest BCUT2D eigenvalue weighted by Gasteiger charge is -2.49. The number of unbranched alkanes of at least 4 members (excludes halogenated alkanes) is 2. The Hall–Kier alpha value is -2.75. The van der Waals surface area contributed by atoms with Crippen molar-refractivity contribution in [2.75, 3.05) is 18.1 Å². The molecule has 0 spiro atoms. The van der Waals surface area contributed by atoms with E-state index >= 15 is 0 Å². The number of fused-ring (bicyclic) bond motifs is 3. The molecule has 1 amide bonds. The van der Waals surface area contributed by atoms with Crippen molar-refractivity contribution in [2.45, 2.75) is 57.5 Å². The molecule has 0 radical (unpaired) electrons. The predicted octanol–water partition coefficient (Wildman–Crippen LogP) is 5.28. The van der Waals surface area contributed by atoms with Crippen LogP contribution in [0.3, 0.4) is 0 Å². The van der Waals surface area contributed by atoms with Gasteiger partial charge in [-0.15, -0.1) is 0 Å². The van der Waals surface area contributed by atoms with Crippen LogP contribution in [0.15, 0.2) is 54.6 Å². The van der Waals surface area contributed by atoms with E-state index in [1.165, 1.54) is 24.1 Å². The molecule has 1 fully saturated rings. The average Bonchev–Trinajstić information content (AvgIpc) is 2.94. The van der Waals surface area contributed by atoms with E-state index in [-0.39, 0.29) is 11.3 Å². The van der Waals surface area contributed by atoms with Crippen LogP contribution in [0.5, 0.6) is 5.75 Å². The summed E-state index contributed by atoms with van der Waals surface area (Å²) < 4.78 is 6.07. The molecule has 0 aromatic heterocycles. The number of rotatable bonds is 7. The van der Waals surface area contributed by atoms with Gasteiger partial charge in [0.1, 0.15) is 11.4 Å². The number of ether oxygens (including phenoxy) is 1. The summed E-state index contributed by atoms with van der Waals surface area (Å²) in [6.07, 6.45) is 8.20. The molecule has 1 atom stereocenters. The highest BCUT2D eigenvalue weighted by Gasteiger charge is 2.57. The van der Waals surface area contributed by atoms with E-state index in [2.05, 4.69) is 73.5 Å². The number of hydrogen-bond donors (Lipinski definition) is 1. The van der Waals surface area contributed by atoms with E-state index in [0.717, 1.165) is 24.3 Å². The summed E-state index contributed by atoms with van der Waals surface area (Å²) in [5, 5.41) is 3.34. The normalized spacial score (nSPS) is 22.0. The molecular weight excluding hydrogens is 372 g/mol. The fourth-order valence-corrected chi connectivity index (χ4v) is 4.81. The maximum absolute atomic E-state index is 12.5. The first kappa shape index (κ1) is 20.5. The summed E-state index contributed by atoms with van der Waals surface area (Å²) in [7, 11) is 0. The van der Waals surface area contributed by atoms with E-state index in [1.54, 1.807) is 0 Å². The van der Waals surface area contributed by atoms with Crippen molar-refractivity contribution in [2.24, 2.45) is 0 Å². The van der Waals surface area contributed by atoms with E-state index in [9.17, 15) is 4.79 Å². The molecule has 1 saturated heterocycles. The Morgan fingerprint density at radius 1 is 1.10 bits per heavy atom. The van der Waals surface area contributed by atoms with Gasteiger partial charge in [-0.3, -0.25) is 4.79 Å². The van der Waals surface area contributed by atoms with Crippen LogP contribution in [0.1, 0.15) is 57.6 Å².